The first-order chi connectivity index (χ1) is 17.3. The lowest BCUT2D eigenvalue weighted by atomic mass is 10.1. The fourth-order valence-electron chi connectivity index (χ4n) is 4.01. The van der Waals surface area contributed by atoms with Crippen molar-refractivity contribution in [2.75, 3.05) is 36.8 Å². The quantitative estimate of drug-likeness (QED) is 0.251. The molecule has 1 aliphatic heterocycles. The minimum Gasteiger partial charge on any atom is -0.492 e. The topological polar surface area (TPSA) is 156 Å². The maximum atomic E-state index is 12.7. The summed E-state index contributed by atoms with van der Waals surface area (Å²) in [6, 6.07) is 8.61. The van der Waals surface area contributed by atoms with Gasteiger partial charge in [-0.05, 0) is 56.5 Å². The van der Waals surface area contributed by atoms with E-state index in [0.29, 0.717) is 24.4 Å². The van der Waals surface area contributed by atoms with Crippen LogP contribution in [0.15, 0.2) is 47.4 Å². The van der Waals surface area contributed by atoms with Gasteiger partial charge in [0.05, 0.1) is 28.3 Å². The summed E-state index contributed by atoms with van der Waals surface area (Å²) in [6.07, 6.45) is 2.61. The fraction of sp³-hybridized carbons (Fsp3) is 0.435. The molecular weight excluding hydrogens is 524 g/mol. The average molecular weight is 555 g/mol. The second kappa shape index (κ2) is 11.4. The van der Waals surface area contributed by atoms with Crippen molar-refractivity contribution in [3.63, 3.8) is 0 Å². The van der Waals surface area contributed by atoms with Gasteiger partial charge in [0, 0.05) is 25.2 Å². The van der Waals surface area contributed by atoms with Gasteiger partial charge in [-0.15, -0.1) is 0 Å². The smallest absolute Gasteiger partial charge is 0.271 e. The molecule has 37 heavy (non-hydrogen) atoms. The number of nitro groups is 1. The van der Waals surface area contributed by atoms with Crippen LogP contribution in [0.2, 0.25) is 0 Å². The van der Waals surface area contributed by atoms with E-state index in [1.807, 2.05) is 0 Å². The Balaban J connectivity index is 1.60. The predicted octanol–water partition coefficient (Wildman–Crippen LogP) is 2.04. The zero-order valence-corrected chi connectivity index (χ0v) is 22.4. The Morgan fingerprint density at radius 1 is 1.14 bits per heavy atom. The Bertz CT molecular complexity index is 1360. The van der Waals surface area contributed by atoms with Crippen molar-refractivity contribution in [3.8, 4) is 5.75 Å². The van der Waals surface area contributed by atoms with E-state index < -0.39 is 36.9 Å². The third-order valence-electron chi connectivity index (χ3n) is 5.93. The molecule has 0 saturated carbocycles. The summed E-state index contributed by atoms with van der Waals surface area (Å²) in [7, 11) is -7.48. The highest BCUT2D eigenvalue weighted by atomic mass is 32.2. The molecule has 1 unspecified atom stereocenters. The molecule has 12 nitrogen and oxygen atoms in total. The van der Waals surface area contributed by atoms with Crippen molar-refractivity contribution in [1.29, 1.82) is 0 Å². The van der Waals surface area contributed by atoms with Gasteiger partial charge in [-0.2, -0.15) is 4.31 Å². The summed E-state index contributed by atoms with van der Waals surface area (Å²) in [5.41, 5.74) is 0.197. The number of rotatable bonds is 11. The average Bonchev–Trinajstić information content (AvgIpc) is 3.38. The van der Waals surface area contributed by atoms with Gasteiger partial charge in [0.15, 0.2) is 0 Å². The molecule has 3 rings (SSSR count). The molecule has 1 atom stereocenters. The highest BCUT2D eigenvalue weighted by molar-refractivity contribution is 7.92. The third-order valence-corrected chi connectivity index (χ3v) is 9.07. The number of hydrogen-bond acceptors (Lipinski definition) is 8. The Kier molecular flexibility index (Phi) is 8.76. The van der Waals surface area contributed by atoms with E-state index in [9.17, 15) is 31.7 Å². The molecule has 0 spiro atoms. The van der Waals surface area contributed by atoms with E-state index in [4.69, 9.17) is 4.74 Å². The normalized spacial score (nSPS) is 15.2. The number of nitrogens with zero attached hydrogens (tertiary/aromatic N) is 3. The zero-order valence-electron chi connectivity index (χ0n) is 20.8. The van der Waals surface area contributed by atoms with Gasteiger partial charge >= 0.3 is 0 Å². The molecule has 1 saturated heterocycles. The molecule has 1 amide bonds. The van der Waals surface area contributed by atoms with Gasteiger partial charge in [0.25, 0.3) is 5.69 Å². The van der Waals surface area contributed by atoms with Crippen LogP contribution in [0.4, 0.5) is 11.4 Å². The molecule has 202 valence electrons. The number of non-ortho nitro benzene ring substituents is 1. The molecule has 1 N–H and O–H groups in total. The summed E-state index contributed by atoms with van der Waals surface area (Å²) in [5, 5.41) is 13.8. The first-order valence-electron chi connectivity index (χ1n) is 11.6. The van der Waals surface area contributed by atoms with Crippen molar-refractivity contribution >= 4 is 37.3 Å². The van der Waals surface area contributed by atoms with Crippen molar-refractivity contribution in [2.45, 2.75) is 37.6 Å². The van der Waals surface area contributed by atoms with Gasteiger partial charge < -0.3 is 10.1 Å². The summed E-state index contributed by atoms with van der Waals surface area (Å²) >= 11 is 0. The lowest BCUT2D eigenvalue weighted by molar-refractivity contribution is -0.384. The molecular formula is C23H30N4O8S2. The van der Waals surface area contributed by atoms with Gasteiger partial charge in [-0.3, -0.25) is 19.2 Å². The number of amides is 1. The first-order valence-corrected chi connectivity index (χ1v) is 14.9. The van der Waals surface area contributed by atoms with Gasteiger partial charge in [-0.1, -0.05) is 6.07 Å². The van der Waals surface area contributed by atoms with Crippen LogP contribution >= 0.6 is 0 Å². The molecule has 0 radical (unpaired) electrons. The van der Waals surface area contributed by atoms with Crippen LogP contribution in [0.3, 0.4) is 0 Å². The summed E-state index contributed by atoms with van der Waals surface area (Å²) in [6.45, 7) is 4.09. The number of ether oxygens (including phenoxy) is 1. The second-order valence-electron chi connectivity index (χ2n) is 8.68. The number of nitro benzene ring substituents is 1. The predicted molar refractivity (Wildman–Crippen MR) is 138 cm³/mol. The van der Waals surface area contributed by atoms with Crippen LogP contribution in [0.5, 0.6) is 5.75 Å². The van der Waals surface area contributed by atoms with E-state index in [0.717, 1.165) is 29.5 Å². The number of nitrogens with one attached hydrogen (secondary N) is 1. The zero-order chi connectivity index (χ0) is 27.4. The lowest BCUT2D eigenvalue weighted by Crippen LogP contribution is -2.48. The van der Waals surface area contributed by atoms with Crippen molar-refractivity contribution < 1.29 is 31.3 Å². The maximum Gasteiger partial charge on any atom is 0.271 e. The number of hydrogen-bond donors (Lipinski definition) is 1. The van der Waals surface area contributed by atoms with Gasteiger partial charge in [0.1, 0.15) is 18.4 Å². The van der Waals surface area contributed by atoms with Crippen LogP contribution in [0.1, 0.15) is 25.3 Å². The monoisotopic (exact) mass is 554 g/mol. The van der Waals surface area contributed by atoms with Crippen LogP contribution in [-0.2, 0) is 24.8 Å². The summed E-state index contributed by atoms with van der Waals surface area (Å²) in [5.74, 6) is -0.209. The molecule has 0 aliphatic carbocycles. The van der Waals surface area contributed by atoms with Gasteiger partial charge in [0.2, 0.25) is 26.0 Å². The van der Waals surface area contributed by atoms with E-state index in [1.54, 1.807) is 6.92 Å². The largest absolute Gasteiger partial charge is 0.492 e. The fourth-order valence-corrected chi connectivity index (χ4v) is 6.75. The van der Waals surface area contributed by atoms with E-state index in [1.165, 1.54) is 47.6 Å². The van der Waals surface area contributed by atoms with Crippen LogP contribution in [-0.4, -0.2) is 70.5 Å². The minimum atomic E-state index is -3.96. The highest BCUT2D eigenvalue weighted by Crippen LogP contribution is 2.29. The van der Waals surface area contributed by atoms with Crippen molar-refractivity contribution in [2.24, 2.45) is 0 Å². The molecule has 0 bridgehead atoms. The van der Waals surface area contributed by atoms with Crippen LogP contribution in [0.25, 0.3) is 0 Å². The number of sulfonamides is 2. The molecule has 2 aromatic carbocycles. The standard InChI is InChI=1S/C23H30N4O8S2/c1-17-6-7-19(27(29)30)16-22(17)26(36(3,31)32)18(2)23(28)24-12-15-35-20-8-10-21(11-9-20)37(33,34)25-13-4-5-14-25/h6-11,16,18H,4-5,12-15H2,1-3H3,(H,24,28). The number of aryl methyl sites for hydroxylation is 1. The van der Waals surface area contributed by atoms with Gasteiger partial charge in [-0.25, -0.2) is 16.8 Å². The first kappa shape index (κ1) is 28.3. The molecule has 0 aromatic heterocycles. The second-order valence-corrected chi connectivity index (χ2v) is 12.5. The molecule has 2 aromatic rings. The van der Waals surface area contributed by atoms with E-state index in [-0.39, 0.29) is 29.4 Å². The molecule has 1 fully saturated rings. The molecule has 1 aliphatic rings. The summed E-state index contributed by atoms with van der Waals surface area (Å²) < 4.78 is 58.1. The lowest BCUT2D eigenvalue weighted by Gasteiger charge is -2.29. The van der Waals surface area contributed by atoms with E-state index in [2.05, 4.69) is 5.32 Å². The van der Waals surface area contributed by atoms with Crippen LogP contribution in [0, 0.1) is 17.0 Å². The highest BCUT2D eigenvalue weighted by Gasteiger charge is 2.31. The van der Waals surface area contributed by atoms with Crippen molar-refractivity contribution in [1.82, 2.24) is 9.62 Å². The van der Waals surface area contributed by atoms with Crippen molar-refractivity contribution in [3.05, 3.63) is 58.1 Å². The Morgan fingerprint density at radius 2 is 1.76 bits per heavy atom. The molecule has 1 heterocycles. The number of benzene rings is 2. The van der Waals surface area contributed by atoms with E-state index >= 15 is 0 Å². The van der Waals surface area contributed by atoms with Crippen LogP contribution < -0.4 is 14.4 Å². The molecule has 14 heteroatoms. The third kappa shape index (κ3) is 6.76. The Morgan fingerprint density at radius 3 is 2.32 bits per heavy atom. The number of carbonyl (C=O) groups is 1. The minimum absolute atomic E-state index is 0.0413. The number of carbonyl (C=O) groups excluding carboxylic acids is 1. The SMILES string of the molecule is Cc1ccc([N+](=O)[O-])cc1N(C(C)C(=O)NCCOc1ccc(S(=O)(=O)N2CCCC2)cc1)S(C)(=O)=O. The number of anilines is 1. The maximum absolute atomic E-state index is 12.7. The summed E-state index contributed by atoms with van der Waals surface area (Å²) in [4.78, 5) is 23.5. The Hall–Kier alpha value is -3.23. The Labute approximate surface area is 216 Å².